The molecular formula is C43H54O3. The first-order valence-electron chi connectivity index (χ1n) is 18.0. The van der Waals surface area contributed by atoms with Crippen LogP contribution in [-0.2, 0) is 12.8 Å². The number of unbranched alkanes of at least 4 members (excludes halogenated alkanes) is 12. The van der Waals surface area contributed by atoms with Crippen LogP contribution < -0.4 is 9.47 Å². The minimum absolute atomic E-state index is 0.510. The van der Waals surface area contributed by atoms with E-state index in [0.29, 0.717) is 11.5 Å². The summed E-state index contributed by atoms with van der Waals surface area (Å²) >= 11 is 0. The van der Waals surface area contributed by atoms with Gasteiger partial charge in [-0.25, -0.2) is 4.79 Å². The van der Waals surface area contributed by atoms with E-state index in [1.807, 2.05) is 48.5 Å². The molecule has 0 aliphatic carbocycles. The largest absolute Gasteiger partial charge is 0.519 e. The lowest BCUT2D eigenvalue weighted by atomic mass is 9.95. The Labute approximate surface area is 278 Å². The smallest absolute Gasteiger partial charge is 0.394 e. The predicted molar refractivity (Wildman–Crippen MR) is 194 cm³/mol. The highest BCUT2D eigenvalue weighted by Crippen LogP contribution is 2.36. The number of ether oxygens (including phenoxy) is 2. The maximum Gasteiger partial charge on any atom is 0.519 e. The van der Waals surface area contributed by atoms with Crippen LogP contribution in [-0.4, -0.2) is 6.16 Å². The summed E-state index contributed by atoms with van der Waals surface area (Å²) in [6.45, 7) is 4.52. The molecule has 0 atom stereocenters. The average molecular weight is 619 g/mol. The molecule has 3 nitrogen and oxygen atoms in total. The van der Waals surface area contributed by atoms with Gasteiger partial charge in [-0.1, -0.05) is 176 Å². The normalized spacial score (nSPS) is 11.0. The van der Waals surface area contributed by atoms with Gasteiger partial charge in [0.2, 0.25) is 0 Å². The first-order valence-corrected chi connectivity index (χ1v) is 18.0. The summed E-state index contributed by atoms with van der Waals surface area (Å²) in [4.78, 5) is 13.3. The van der Waals surface area contributed by atoms with Crippen molar-refractivity contribution in [3.63, 3.8) is 0 Å². The second-order valence-corrected chi connectivity index (χ2v) is 12.5. The molecule has 0 saturated heterocycles. The molecule has 46 heavy (non-hydrogen) atoms. The van der Waals surface area contributed by atoms with Crippen molar-refractivity contribution in [1.82, 2.24) is 0 Å². The minimum Gasteiger partial charge on any atom is -0.394 e. The number of para-hydroxylation sites is 2. The average Bonchev–Trinajstić information content (AvgIpc) is 3.08. The molecule has 4 aromatic carbocycles. The van der Waals surface area contributed by atoms with Crippen LogP contribution in [0.15, 0.2) is 97.1 Å². The van der Waals surface area contributed by atoms with Crippen molar-refractivity contribution in [2.45, 2.75) is 117 Å². The van der Waals surface area contributed by atoms with Crippen LogP contribution in [0.5, 0.6) is 11.5 Å². The highest BCUT2D eigenvalue weighted by atomic mass is 16.7. The van der Waals surface area contributed by atoms with E-state index < -0.39 is 6.16 Å². The molecule has 0 unspecified atom stereocenters. The third kappa shape index (κ3) is 11.2. The van der Waals surface area contributed by atoms with E-state index in [9.17, 15) is 4.79 Å². The van der Waals surface area contributed by atoms with Gasteiger partial charge in [-0.3, -0.25) is 0 Å². The molecule has 0 radical (unpaired) electrons. The number of rotatable bonds is 20. The summed E-state index contributed by atoms with van der Waals surface area (Å²) < 4.78 is 11.8. The molecule has 0 saturated carbocycles. The lowest BCUT2D eigenvalue weighted by Crippen LogP contribution is -2.15. The number of hydrogen-bond acceptors (Lipinski definition) is 3. The number of benzene rings is 4. The molecule has 0 aliphatic heterocycles. The Bertz CT molecular complexity index is 1350. The summed E-state index contributed by atoms with van der Waals surface area (Å²) in [5.41, 5.74) is 6.59. The zero-order valence-corrected chi connectivity index (χ0v) is 28.3. The van der Waals surface area contributed by atoms with E-state index >= 15 is 0 Å². The van der Waals surface area contributed by atoms with E-state index in [1.165, 1.54) is 88.2 Å². The predicted octanol–water partition coefficient (Wildman–Crippen LogP) is 13.2. The summed E-state index contributed by atoms with van der Waals surface area (Å²) in [7, 11) is 0. The monoisotopic (exact) mass is 618 g/mol. The maximum absolute atomic E-state index is 13.3. The van der Waals surface area contributed by atoms with Crippen molar-refractivity contribution in [3.8, 4) is 33.8 Å². The van der Waals surface area contributed by atoms with E-state index in [2.05, 4.69) is 62.4 Å². The maximum atomic E-state index is 13.3. The van der Waals surface area contributed by atoms with E-state index in [0.717, 1.165) is 47.9 Å². The van der Waals surface area contributed by atoms with Crippen molar-refractivity contribution in [1.29, 1.82) is 0 Å². The summed E-state index contributed by atoms with van der Waals surface area (Å²) in [5.74, 6) is 1.02. The minimum atomic E-state index is -0.728. The standard InChI is InChI=1S/C43H54O3/c1-3-5-7-9-11-13-15-25-35-27-17-19-29-37(35)39-31-21-23-33-41(39)45-43(44)46-42-34-24-22-32-40(42)38-30-20-18-28-36(38)26-16-14-12-10-8-6-4-2/h17-24,27-34H,3-16,25-26H2,1-2H3. The highest BCUT2D eigenvalue weighted by Gasteiger charge is 2.17. The summed E-state index contributed by atoms with van der Waals surface area (Å²) in [6.07, 6.45) is 19.2. The van der Waals surface area contributed by atoms with Gasteiger partial charge in [-0.05, 0) is 60.1 Å². The fraction of sp³-hybridized carbons (Fsp3) is 0.419. The third-order valence-corrected chi connectivity index (χ3v) is 8.88. The lowest BCUT2D eigenvalue weighted by molar-refractivity contribution is 0.152. The second kappa shape index (κ2) is 20.3. The summed E-state index contributed by atoms with van der Waals surface area (Å²) in [6, 6.07) is 32.5. The molecule has 3 heteroatoms. The first-order chi connectivity index (χ1) is 22.7. The van der Waals surface area contributed by atoms with E-state index in [1.54, 1.807) is 0 Å². The first kappa shape index (κ1) is 35.0. The van der Waals surface area contributed by atoms with Gasteiger partial charge < -0.3 is 9.47 Å². The number of aryl methyl sites for hydroxylation is 2. The van der Waals surface area contributed by atoms with Gasteiger partial charge in [0.1, 0.15) is 11.5 Å². The molecule has 0 amide bonds. The topological polar surface area (TPSA) is 35.5 Å². The Morgan fingerprint density at radius 1 is 0.413 bits per heavy atom. The van der Waals surface area contributed by atoms with Gasteiger partial charge in [0.25, 0.3) is 0 Å². The molecule has 0 spiro atoms. The van der Waals surface area contributed by atoms with E-state index in [4.69, 9.17) is 9.47 Å². The van der Waals surface area contributed by atoms with Crippen LogP contribution in [0.3, 0.4) is 0 Å². The summed E-state index contributed by atoms with van der Waals surface area (Å²) in [5, 5.41) is 0. The zero-order valence-electron chi connectivity index (χ0n) is 28.3. The number of carbonyl (C=O) groups excluding carboxylic acids is 1. The number of carbonyl (C=O) groups is 1. The third-order valence-electron chi connectivity index (χ3n) is 8.88. The van der Waals surface area contributed by atoms with Crippen LogP contribution in [0, 0.1) is 0 Å². The van der Waals surface area contributed by atoms with Crippen molar-refractivity contribution >= 4 is 6.16 Å². The van der Waals surface area contributed by atoms with Crippen molar-refractivity contribution in [2.24, 2.45) is 0 Å². The quantitative estimate of drug-likeness (QED) is 0.0561. The van der Waals surface area contributed by atoms with Crippen LogP contribution in [0.1, 0.15) is 115 Å². The van der Waals surface area contributed by atoms with Gasteiger partial charge in [0, 0.05) is 11.1 Å². The molecule has 244 valence electrons. The molecule has 4 rings (SSSR count). The Morgan fingerprint density at radius 3 is 1.15 bits per heavy atom. The van der Waals surface area contributed by atoms with Crippen molar-refractivity contribution < 1.29 is 14.3 Å². The van der Waals surface area contributed by atoms with Gasteiger partial charge in [-0.2, -0.15) is 0 Å². The van der Waals surface area contributed by atoms with Crippen LogP contribution >= 0.6 is 0 Å². The molecule has 0 aliphatic rings. The highest BCUT2D eigenvalue weighted by molar-refractivity contribution is 5.80. The Morgan fingerprint density at radius 2 is 0.739 bits per heavy atom. The van der Waals surface area contributed by atoms with Gasteiger partial charge in [0.05, 0.1) is 0 Å². The Kier molecular flexibility index (Phi) is 15.5. The lowest BCUT2D eigenvalue weighted by Gasteiger charge is -2.16. The van der Waals surface area contributed by atoms with Gasteiger partial charge >= 0.3 is 6.16 Å². The second-order valence-electron chi connectivity index (χ2n) is 12.5. The van der Waals surface area contributed by atoms with Crippen molar-refractivity contribution in [3.05, 3.63) is 108 Å². The molecular weight excluding hydrogens is 564 g/mol. The van der Waals surface area contributed by atoms with Gasteiger partial charge in [0.15, 0.2) is 0 Å². The zero-order chi connectivity index (χ0) is 32.2. The van der Waals surface area contributed by atoms with Crippen LogP contribution in [0.2, 0.25) is 0 Å². The Balaban J connectivity index is 1.42. The molecule has 0 aromatic heterocycles. The Hall–Kier alpha value is -3.85. The van der Waals surface area contributed by atoms with E-state index in [-0.39, 0.29) is 0 Å². The van der Waals surface area contributed by atoms with Gasteiger partial charge in [-0.15, -0.1) is 0 Å². The van der Waals surface area contributed by atoms with Crippen LogP contribution in [0.25, 0.3) is 22.3 Å². The fourth-order valence-corrected chi connectivity index (χ4v) is 6.30. The van der Waals surface area contributed by atoms with Crippen LogP contribution in [0.4, 0.5) is 4.79 Å². The molecule has 4 aromatic rings. The molecule has 0 fully saturated rings. The fourth-order valence-electron chi connectivity index (χ4n) is 6.30. The van der Waals surface area contributed by atoms with Crippen molar-refractivity contribution in [2.75, 3.05) is 0 Å². The molecule has 0 N–H and O–H groups in total. The SMILES string of the molecule is CCCCCCCCCc1ccccc1-c1ccccc1OC(=O)Oc1ccccc1-c1ccccc1CCCCCCCCC. The molecule has 0 heterocycles. The molecule has 0 bridgehead atoms. The number of hydrogen-bond donors (Lipinski definition) is 0.